The standard InChI is InChI=1S/C21H24F6N4O/c1-19(2)9-13(4-5-16(19)32)30-18-15(21(25,26)27)11-29-17(31-18)6-3-12-10-28-8-7-14(12)20(22,23)24/h7-8,10-11,13,16,32H,3-6,9H2,1-2H3,(H,29,30,31)/t13-,16+/m1/s1. The molecule has 0 saturated heterocycles. The van der Waals surface area contributed by atoms with E-state index in [4.69, 9.17) is 0 Å². The van der Waals surface area contributed by atoms with Gasteiger partial charge in [-0.3, -0.25) is 4.98 Å². The van der Waals surface area contributed by atoms with Crippen molar-refractivity contribution in [2.45, 2.75) is 70.4 Å². The minimum atomic E-state index is -4.70. The van der Waals surface area contributed by atoms with Crippen LogP contribution in [0.25, 0.3) is 0 Å². The van der Waals surface area contributed by atoms with Crippen LogP contribution in [0.15, 0.2) is 24.7 Å². The Morgan fingerprint density at radius 3 is 2.34 bits per heavy atom. The Bertz CT molecular complexity index is 945. The molecule has 5 nitrogen and oxygen atoms in total. The van der Waals surface area contributed by atoms with Crippen LogP contribution in [-0.4, -0.2) is 32.2 Å². The number of aryl methyl sites for hydroxylation is 2. The third kappa shape index (κ3) is 5.67. The van der Waals surface area contributed by atoms with E-state index in [1.165, 1.54) is 0 Å². The number of halogens is 6. The monoisotopic (exact) mass is 462 g/mol. The highest BCUT2D eigenvalue weighted by atomic mass is 19.4. The summed E-state index contributed by atoms with van der Waals surface area (Å²) in [6, 6.07) is 0.516. The van der Waals surface area contributed by atoms with Gasteiger partial charge in [0, 0.05) is 31.1 Å². The van der Waals surface area contributed by atoms with Gasteiger partial charge in [-0.1, -0.05) is 13.8 Å². The van der Waals surface area contributed by atoms with Crippen molar-refractivity contribution in [2.24, 2.45) is 5.41 Å². The van der Waals surface area contributed by atoms with E-state index in [2.05, 4.69) is 20.3 Å². The van der Waals surface area contributed by atoms with Crippen LogP contribution in [0.4, 0.5) is 32.2 Å². The van der Waals surface area contributed by atoms with Crippen molar-refractivity contribution in [1.29, 1.82) is 0 Å². The Morgan fingerprint density at radius 2 is 1.72 bits per heavy atom. The predicted molar refractivity (Wildman–Crippen MR) is 105 cm³/mol. The highest BCUT2D eigenvalue weighted by molar-refractivity contribution is 5.46. The summed E-state index contributed by atoms with van der Waals surface area (Å²) < 4.78 is 80.0. The Labute approximate surface area is 181 Å². The molecule has 2 aromatic heterocycles. The van der Waals surface area contributed by atoms with Crippen molar-refractivity contribution in [3.63, 3.8) is 0 Å². The topological polar surface area (TPSA) is 70.9 Å². The molecule has 0 aromatic carbocycles. The van der Waals surface area contributed by atoms with Crippen LogP contribution in [0, 0.1) is 5.41 Å². The molecule has 0 spiro atoms. The average molecular weight is 462 g/mol. The first kappa shape index (κ1) is 24.2. The van der Waals surface area contributed by atoms with E-state index in [1.54, 1.807) is 0 Å². The summed E-state index contributed by atoms with van der Waals surface area (Å²) in [5, 5.41) is 12.9. The SMILES string of the molecule is CC1(C)C[C@H](Nc2nc(CCc3cnccc3C(F)(F)F)ncc2C(F)(F)F)CC[C@@H]1O. The third-order valence-electron chi connectivity index (χ3n) is 5.77. The van der Waals surface area contributed by atoms with Crippen LogP contribution in [-0.2, 0) is 25.2 Å². The quantitative estimate of drug-likeness (QED) is 0.609. The average Bonchev–Trinajstić information content (AvgIpc) is 2.68. The molecule has 1 aliphatic carbocycles. The van der Waals surface area contributed by atoms with E-state index in [1.807, 2.05) is 13.8 Å². The molecule has 1 saturated carbocycles. The van der Waals surface area contributed by atoms with E-state index in [0.717, 1.165) is 18.5 Å². The summed E-state index contributed by atoms with van der Waals surface area (Å²) >= 11 is 0. The second-order valence-corrected chi connectivity index (χ2v) is 8.70. The number of aliphatic hydroxyl groups excluding tert-OH is 1. The second kappa shape index (κ2) is 8.84. The van der Waals surface area contributed by atoms with Crippen LogP contribution in [0.3, 0.4) is 0 Å². The van der Waals surface area contributed by atoms with E-state index in [-0.39, 0.29) is 30.3 Å². The van der Waals surface area contributed by atoms with Gasteiger partial charge < -0.3 is 10.4 Å². The highest BCUT2D eigenvalue weighted by Gasteiger charge is 2.39. The number of hydrogen-bond acceptors (Lipinski definition) is 5. The molecule has 2 heterocycles. The lowest BCUT2D eigenvalue weighted by atomic mass is 9.73. The van der Waals surface area contributed by atoms with Crippen LogP contribution < -0.4 is 5.32 Å². The van der Waals surface area contributed by atoms with Crippen molar-refractivity contribution >= 4 is 5.82 Å². The molecule has 2 N–H and O–H groups in total. The summed E-state index contributed by atoms with van der Waals surface area (Å²) in [7, 11) is 0. The Hall–Kier alpha value is -2.43. The molecule has 0 radical (unpaired) electrons. The molecule has 2 aromatic rings. The zero-order chi connectivity index (χ0) is 23.7. The van der Waals surface area contributed by atoms with E-state index in [9.17, 15) is 31.4 Å². The van der Waals surface area contributed by atoms with Crippen LogP contribution in [0.2, 0.25) is 0 Å². The van der Waals surface area contributed by atoms with Gasteiger partial charge in [-0.25, -0.2) is 9.97 Å². The van der Waals surface area contributed by atoms with Gasteiger partial charge >= 0.3 is 12.4 Å². The fourth-order valence-electron chi connectivity index (χ4n) is 3.95. The van der Waals surface area contributed by atoms with Gasteiger partial charge in [-0.2, -0.15) is 26.3 Å². The number of nitrogens with one attached hydrogen (secondary N) is 1. The maximum atomic E-state index is 13.5. The lowest BCUT2D eigenvalue weighted by molar-refractivity contribution is -0.138. The molecular formula is C21H24F6N4O. The highest BCUT2D eigenvalue weighted by Crippen LogP contribution is 2.39. The molecule has 0 amide bonds. The van der Waals surface area contributed by atoms with Crippen molar-refractivity contribution in [2.75, 3.05) is 5.32 Å². The predicted octanol–water partition coefficient (Wildman–Crippen LogP) is 5.05. The number of hydrogen-bond donors (Lipinski definition) is 2. The molecule has 0 unspecified atom stereocenters. The molecule has 1 fully saturated rings. The molecule has 11 heteroatoms. The number of anilines is 1. The summed E-state index contributed by atoms with van der Waals surface area (Å²) in [4.78, 5) is 11.4. The maximum absolute atomic E-state index is 13.5. The first-order chi connectivity index (χ1) is 14.8. The summed E-state index contributed by atoms with van der Waals surface area (Å²) in [5.74, 6) is -0.408. The lowest BCUT2D eigenvalue weighted by Gasteiger charge is -2.40. The number of aromatic nitrogens is 3. The summed E-state index contributed by atoms with van der Waals surface area (Å²) in [6.45, 7) is 3.68. The van der Waals surface area contributed by atoms with Gasteiger partial charge in [0.1, 0.15) is 17.2 Å². The van der Waals surface area contributed by atoms with Gasteiger partial charge in [0.15, 0.2) is 0 Å². The van der Waals surface area contributed by atoms with Gasteiger partial charge in [0.25, 0.3) is 0 Å². The van der Waals surface area contributed by atoms with E-state index in [0.29, 0.717) is 25.5 Å². The number of aliphatic hydroxyl groups is 1. The van der Waals surface area contributed by atoms with Crippen molar-refractivity contribution in [1.82, 2.24) is 15.0 Å². The van der Waals surface area contributed by atoms with Crippen LogP contribution >= 0.6 is 0 Å². The molecule has 0 aliphatic heterocycles. The number of rotatable bonds is 5. The molecule has 32 heavy (non-hydrogen) atoms. The normalized spacial score (nSPS) is 21.4. The maximum Gasteiger partial charge on any atom is 0.421 e. The number of nitrogens with zero attached hydrogens (tertiary/aromatic N) is 3. The molecule has 3 rings (SSSR count). The zero-order valence-corrected chi connectivity index (χ0v) is 17.6. The molecule has 0 bridgehead atoms. The summed E-state index contributed by atoms with van der Waals surface area (Å²) in [5.41, 5.74) is -2.44. The largest absolute Gasteiger partial charge is 0.421 e. The molecule has 176 valence electrons. The van der Waals surface area contributed by atoms with Gasteiger partial charge in [0.2, 0.25) is 0 Å². The fraction of sp³-hybridized carbons (Fsp3) is 0.571. The first-order valence-electron chi connectivity index (χ1n) is 10.1. The van der Waals surface area contributed by atoms with E-state index < -0.39 is 40.8 Å². The first-order valence-corrected chi connectivity index (χ1v) is 10.1. The van der Waals surface area contributed by atoms with Crippen molar-refractivity contribution in [3.8, 4) is 0 Å². The van der Waals surface area contributed by atoms with Gasteiger partial charge in [-0.05, 0) is 42.7 Å². The van der Waals surface area contributed by atoms with Gasteiger partial charge in [0.05, 0.1) is 11.7 Å². The Balaban J connectivity index is 1.82. The van der Waals surface area contributed by atoms with Crippen molar-refractivity contribution < 1.29 is 31.4 Å². The zero-order valence-electron chi connectivity index (χ0n) is 17.6. The summed E-state index contributed by atoms with van der Waals surface area (Å²) in [6.07, 6.45) is -5.92. The Morgan fingerprint density at radius 1 is 1.03 bits per heavy atom. The molecule has 2 atom stereocenters. The molecule has 1 aliphatic rings. The second-order valence-electron chi connectivity index (χ2n) is 8.70. The van der Waals surface area contributed by atoms with Gasteiger partial charge in [-0.15, -0.1) is 0 Å². The fourth-order valence-corrected chi connectivity index (χ4v) is 3.95. The number of pyridine rings is 1. The third-order valence-corrected chi connectivity index (χ3v) is 5.77. The van der Waals surface area contributed by atoms with Crippen LogP contribution in [0.5, 0.6) is 0 Å². The minimum absolute atomic E-state index is 0.00687. The lowest BCUT2D eigenvalue weighted by Crippen LogP contribution is -2.41. The van der Waals surface area contributed by atoms with Crippen LogP contribution in [0.1, 0.15) is 55.6 Å². The van der Waals surface area contributed by atoms with E-state index >= 15 is 0 Å². The smallest absolute Gasteiger partial charge is 0.393 e. The number of alkyl halides is 6. The van der Waals surface area contributed by atoms with Crippen molar-refractivity contribution in [3.05, 3.63) is 47.2 Å². The Kier molecular flexibility index (Phi) is 6.69. The molecular weight excluding hydrogens is 438 g/mol. The minimum Gasteiger partial charge on any atom is -0.393 e.